The zero-order chi connectivity index (χ0) is 48.6. The Bertz CT molecular complexity index is 3310. The van der Waals surface area contributed by atoms with Gasteiger partial charge in [0.25, 0.3) is 0 Å². The van der Waals surface area contributed by atoms with E-state index in [0.717, 1.165) is 68.2 Å². The molecule has 0 aliphatic rings. The molecule has 5 heteroatoms. The van der Waals surface area contributed by atoms with Crippen molar-refractivity contribution in [2.24, 2.45) is 0 Å². The molecule has 0 N–H and O–H groups in total. The third-order valence-electron chi connectivity index (χ3n) is 13.2. The predicted octanol–water partition coefficient (Wildman–Crippen LogP) is 19.6. The minimum absolute atomic E-state index is 1.04. The van der Waals surface area contributed by atoms with Crippen molar-refractivity contribution in [3.63, 3.8) is 0 Å². The summed E-state index contributed by atoms with van der Waals surface area (Å²) in [5.74, 6) is 0. The Morgan fingerprint density at radius 1 is 0.181 bits per heavy atom. The molecule has 0 fully saturated rings. The van der Waals surface area contributed by atoms with Gasteiger partial charge in [0.05, 0.1) is 17.1 Å². The van der Waals surface area contributed by atoms with Crippen molar-refractivity contribution < 1.29 is 0 Å². The fourth-order valence-corrected chi connectivity index (χ4v) is 9.92. The zero-order valence-electron chi connectivity index (χ0n) is 39.9. The van der Waals surface area contributed by atoms with E-state index in [1.165, 1.54) is 32.3 Å². The molecule has 0 aliphatic carbocycles. The number of hydrogen-bond donors (Lipinski definition) is 1. The lowest BCUT2D eigenvalue weighted by molar-refractivity contribution is 1.24. The summed E-state index contributed by atoms with van der Waals surface area (Å²) in [6, 6.07) is 104. The van der Waals surface area contributed by atoms with E-state index in [-0.39, 0.29) is 0 Å². The van der Waals surface area contributed by atoms with Crippen molar-refractivity contribution in [2.45, 2.75) is 0 Å². The van der Waals surface area contributed by atoms with Crippen LogP contribution in [-0.2, 0) is 0 Å². The molecule has 4 nitrogen and oxygen atoms in total. The Hall–Kier alpha value is -9.03. The first kappa shape index (κ1) is 45.4. The molecular formula is C67H52N4S. The predicted molar refractivity (Wildman–Crippen MR) is 313 cm³/mol. The average Bonchev–Trinajstić information content (AvgIpc) is 3.46. The van der Waals surface area contributed by atoms with Gasteiger partial charge in [-0.25, -0.2) is 0 Å². The first-order valence-corrected chi connectivity index (χ1v) is 25.2. The number of hydrogen-bond acceptors (Lipinski definition) is 5. The Morgan fingerprint density at radius 3 is 0.639 bits per heavy atom. The van der Waals surface area contributed by atoms with Crippen LogP contribution in [0.4, 0.5) is 68.2 Å². The van der Waals surface area contributed by atoms with Gasteiger partial charge in [0.1, 0.15) is 0 Å². The van der Waals surface area contributed by atoms with Crippen molar-refractivity contribution in [3.05, 3.63) is 291 Å². The highest BCUT2D eigenvalue weighted by Crippen LogP contribution is 2.45. The van der Waals surface area contributed by atoms with Crippen molar-refractivity contribution >= 4 is 113 Å². The molecule has 0 amide bonds. The van der Waals surface area contributed by atoms with Crippen LogP contribution in [0.15, 0.2) is 291 Å². The summed E-state index contributed by atoms with van der Waals surface area (Å²) in [6.45, 7) is 0. The maximum atomic E-state index is 3.53. The largest absolute Gasteiger partial charge is 0.310 e. The smallest absolute Gasteiger partial charge is 0.0540 e. The van der Waals surface area contributed by atoms with E-state index in [1.54, 1.807) is 6.26 Å². The van der Waals surface area contributed by atoms with Crippen molar-refractivity contribution in [1.82, 2.24) is 0 Å². The first-order valence-electron chi connectivity index (χ1n) is 24.3. The van der Waals surface area contributed by atoms with Gasteiger partial charge in [0.15, 0.2) is 0 Å². The second-order valence-electron chi connectivity index (χ2n) is 17.4. The quantitative estimate of drug-likeness (QED) is 0.123. The van der Waals surface area contributed by atoms with Crippen LogP contribution in [0.2, 0.25) is 0 Å². The first-order chi connectivity index (χ1) is 35.7. The highest BCUT2D eigenvalue weighted by atomic mass is 32.1. The lowest BCUT2D eigenvalue weighted by atomic mass is 10.1. The van der Waals surface area contributed by atoms with Gasteiger partial charge in [0, 0.05) is 67.3 Å². The summed E-state index contributed by atoms with van der Waals surface area (Å²) < 4.78 is 0. The SMILES string of the molecule is CS.c1ccc(N(c2ccc(N(c3ccc(N(c4ccccc4)c4cccc5ccccc45)cc3)c3ccc(N(c4ccccc4)c4cccc5ccccc45)cc3)cc2)c2cccc3ccccc23)cc1. The lowest BCUT2D eigenvalue weighted by Crippen LogP contribution is -2.14. The van der Waals surface area contributed by atoms with Crippen LogP contribution in [0.1, 0.15) is 0 Å². The highest BCUT2D eigenvalue weighted by molar-refractivity contribution is 7.79. The minimum Gasteiger partial charge on any atom is -0.310 e. The maximum absolute atomic E-state index is 3.53. The van der Waals surface area contributed by atoms with E-state index < -0.39 is 0 Å². The summed E-state index contributed by atoms with van der Waals surface area (Å²) in [6.07, 6.45) is 1.69. The topological polar surface area (TPSA) is 13.0 Å². The van der Waals surface area contributed by atoms with Crippen LogP contribution < -0.4 is 19.6 Å². The number of benzene rings is 12. The molecular weight excluding hydrogens is 893 g/mol. The van der Waals surface area contributed by atoms with Crippen LogP contribution in [0.5, 0.6) is 0 Å². The molecule has 0 saturated carbocycles. The van der Waals surface area contributed by atoms with Crippen molar-refractivity contribution in [1.29, 1.82) is 0 Å². The number of fused-ring (bicyclic) bond motifs is 3. The van der Waals surface area contributed by atoms with Crippen LogP contribution in [0.25, 0.3) is 32.3 Å². The average molecular weight is 945 g/mol. The Balaban J connectivity index is 0.00000277. The van der Waals surface area contributed by atoms with E-state index in [2.05, 4.69) is 323 Å². The Labute approximate surface area is 427 Å². The van der Waals surface area contributed by atoms with Crippen LogP contribution in [-0.4, -0.2) is 6.26 Å². The van der Waals surface area contributed by atoms with Crippen LogP contribution in [0.3, 0.4) is 0 Å². The summed E-state index contributed by atoms with van der Waals surface area (Å²) in [5.41, 5.74) is 13.0. The Morgan fingerprint density at radius 2 is 0.375 bits per heavy atom. The van der Waals surface area contributed by atoms with E-state index in [9.17, 15) is 0 Å². The normalized spacial score (nSPS) is 10.9. The van der Waals surface area contributed by atoms with Gasteiger partial charge in [-0.1, -0.05) is 164 Å². The minimum atomic E-state index is 1.04. The molecule has 346 valence electrons. The molecule has 0 aliphatic heterocycles. The van der Waals surface area contributed by atoms with E-state index in [4.69, 9.17) is 0 Å². The number of anilines is 12. The molecule has 12 aromatic carbocycles. The molecule has 12 rings (SSSR count). The molecule has 0 atom stereocenters. The molecule has 0 bridgehead atoms. The molecule has 72 heavy (non-hydrogen) atoms. The fourth-order valence-electron chi connectivity index (χ4n) is 9.92. The van der Waals surface area contributed by atoms with Crippen molar-refractivity contribution in [2.75, 3.05) is 25.9 Å². The molecule has 12 aromatic rings. The van der Waals surface area contributed by atoms with Gasteiger partial charge in [-0.2, -0.15) is 12.6 Å². The molecule has 0 heterocycles. The number of thiol groups is 1. The fraction of sp³-hybridized carbons (Fsp3) is 0.0149. The van der Waals surface area contributed by atoms with Crippen LogP contribution >= 0.6 is 12.6 Å². The van der Waals surface area contributed by atoms with Gasteiger partial charge in [0.2, 0.25) is 0 Å². The lowest BCUT2D eigenvalue weighted by Gasteiger charge is -2.31. The third kappa shape index (κ3) is 9.01. The summed E-state index contributed by atoms with van der Waals surface area (Å²) in [5, 5.41) is 7.19. The summed E-state index contributed by atoms with van der Waals surface area (Å²) in [4.78, 5) is 9.43. The molecule has 0 radical (unpaired) electrons. The monoisotopic (exact) mass is 944 g/mol. The Kier molecular flexibility index (Phi) is 13.2. The molecule has 0 aromatic heterocycles. The van der Waals surface area contributed by atoms with Gasteiger partial charge >= 0.3 is 0 Å². The van der Waals surface area contributed by atoms with E-state index in [0.29, 0.717) is 0 Å². The number of nitrogens with zero attached hydrogens (tertiary/aromatic N) is 4. The standard InChI is InChI=1S/C66H48N4.CH4S/c1-4-25-52(26-5-1)68(64-34-16-22-49-19-10-13-31-61(49)64)58-43-37-55(38-44-58)67(56-39-45-59(46-40-56)69(53-27-6-2-7-28-53)65-35-17-23-50-20-11-14-32-62(50)65)57-41-47-60(48-42-57)70(54-29-8-3-9-30-54)66-36-18-24-51-21-12-15-33-63(51)66;1-2/h1-48H;2H,1H3. The zero-order valence-corrected chi connectivity index (χ0v) is 40.8. The van der Waals surface area contributed by atoms with E-state index in [1.807, 2.05) is 0 Å². The number of rotatable bonds is 12. The highest BCUT2D eigenvalue weighted by Gasteiger charge is 2.21. The van der Waals surface area contributed by atoms with Gasteiger partial charge in [-0.15, -0.1) is 0 Å². The molecule has 0 saturated heterocycles. The molecule has 0 unspecified atom stereocenters. The van der Waals surface area contributed by atoms with Gasteiger partial charge in [-0.05, 0) is 150 Å². The molecule has 0 spiro atoms. The summed E-state index contributed by atoms with van der Waals surface area (Å²) >= 11 is 3.53. The summed E-state index contributed by atoms with van der Waals surface area (Å²) in [7, 11) is 0. The van der Waals surface area contributed by atoms with Gasteiger partial charge < -0.3 is 19.6 Å². The van der Waals surface area contributed by atoms with Crippen LogP contribution in [0, 0.1) is 0 Å². The second kappa shape index (κ2) is 20.9. The second-order valence-corrected chi connectivity index (χ2v) is 17.4. The van der Waals surface area contributed by atoms with Crippen molar-refractivity contribution in [3.8, 4) is 0 Å². The third-order valence-corrected chi connectivity index (χ3v) is 13.2. The maximum Gasteiger partial charge on any atom is 0.0540 e. The van der Waals surface area contributed by atoms with Gasteiger partial charge in [-0.3, -0.25) is 0 Å². The number of para-hydroxylation sites is 3. The van der Waals surface area contributed by atoms with E-state index >= 15 is 0 Å².